The van der Waals surface area contributed by atoms with Crippen LogP contribution in [0.25, 0.3) is 11.1 Å². The molecule has 3 aromatic rings. The number of aliphatic hydroxyl groups excluding tert-OH is 1. The fourth-order valence-electron chi connectivity index (χ4n) is 5.74. The number of carbonyl (C=O) groups is 2. The standard InChI is InChI=1S/C35H43N3O7/c1-3-43-32(40)21-37-35(41)36-20-29-6-4-5-7-30(29)26-12-14-28(15-13-26)34-44-31(22-38-16-18-42-19-17-38)24(2)33(45-34)27-10-8-25(23-39)9-11-27/h4-15,24,31,33-34,39H,3,16-23H2,1-2H3,(H2,36,37,41)/t24-,31+,33+,34+/m1/s1. The summed E-state index contributed by atoms with van der Waals surface area (Å²) in [7, 11) is 0. The van der Waals surface area contributed by atoms with Gasteiger partial charge in [0.25, 0.3) is 0 Å². The molecule has 0 radical (unpaired) electrons. The van der Waals surface area contributed by atoms with E-state index in [1.165, 1.54) is 0 Å². The number of ether oxygens (including phenoxy) is 4. The van der Waals surface area contributed by atoms with Gasteiger partial charge in [0.1, 0.15) is 6.54 Å². The van der Waals surface area contributed by atoms with Crippen LogP contribution in [0, 0.1) is 5.92 Å². The number of rotatable bonds is 11. The van der Waals surface area contributed by atoms with Crippen LogP contribution in [0.15, 0.2) is 72.8 Å². The summed E-state index contributed by atoms with van der Waals surface area (Å²) < 4.78 is 23.7. The molecule has 0 aliphatic carbocycles. The van der Waals surface area contributed by atoms with Gasteiger partial charge in [-0.05, 0) is 34.7 Å². The number of benzene rings is 3. The Kier molecular flexibility index (Phi) is 11.6. The number of esters is 1. The van der Waals surface area contributed by atoms with E-state index in [4.69, 9.17) is 18.9 Å². The number of carbonyl (C=O) groups excluding carboxylic acids is 2. The molecule has 0 unspecified atom stereocenters. The van der Waals surface area contributed by atoms with E-state index in [0.29, 0.717) is 6.54 Å². The van der Waals surface area contributed by atoms with Crippen LogP contribution in [-0.2, 0) is 36.9 Å². The molecule has 4 atom stereocenters. The normalized spacial score (nSPS) is 22.0. The molecule has 5 rings (SSSR count). The molecule has 2 aliphatic heterocycles. The van der Waals surface area contributed by atoms with E-state index in [2.05, 4.69) is 22.5 Å². The number of nitrogens with one attached hydrogen (secondary N) is 2. The van der Waals surface area contributed by atoms with Crippen LogP contribution >= 0.6 is 0 Å². The minimum atomic E-state index is -0.552. The van der Waals surface area contributed by atoms with Gasteiger partial charge < -0.3 is 34.7 Å². The fraction of sp³-hybridized carbons (Fsp3) is 0.429. The SMILES string of the molecule is CCOC(=O)CNC(=O)NCc1ccccc1-c1ccc([C@H]2O[C@@H](CN3CCOCC3)[C@@H](C)[C@@H](c3ccc(CO)cc3)O2)cc1. The second-order valence-corrected chi connectivity index (χ2v) is 11.4. The molecule has 45 heavy (non-hydrogen) atoms. The fourth-order valence-corrected chi connectivity index (χ4v) is 5.74. The molecule has 240 valence electrons. The Balaban J connectivity index is 1.30. The highest BCUT2D eigenvalue weighted by Gasteiger charge is 2.39. The van der Waals surface area contributed by atoms with E-state index in [9.17, 15) is 14.7 Å². The highest BCUT2D eigenvalue weighted by molar-refractivity contribution is 5.81. The number of hydrogen-bond donors (Lipinski definition) is 3. The van der Waals surface area contributed by atoms with E-state index in [-0.39, 0.29) is 37.9 Å². The summed E-state index contributed by atoms with van der Waals surface area (Å²) in [5.41, 5.74) is 5.76. The number of nitrogens with zero attached hydrogens (tertiary/aromatic N) is 1. The van der Waals surface area contributed by atoms with E-state index >= 15 is 0 Å². The Hall–Kier alpha value is -3.80. The van der Waals surface area contributed by atoms with Crippen molar-refractivity contribution in [1.82, 2.24) is 15.5 Å². The van der Waals surface area contributed by atoms with Crippen LogP contribution in [0.1, 0.15) is 48.5 Å². The maximum absolute atomic E-state index is 12.3. The third-order valence-corrected chi connectivity index (χ3v) is 8.31. The van der Waals surface area contributed by atoms with Crippen molar-refractivity contribution in [3.63, 3.8) is 0 Å². The minimum absolute atomic E-state index is 0.000962. The van der Waals surface area contributed by atoms with Gasteiger partial charge in [0.15, 0.2) is 6.29 Å². The van der Waals surface area contributed by atoms with Crippen molar-refractivity contribution in [2.45, 2.75) is 45.5 Å². The van der Waals surface area contributed by atoms with Gasteiger partial charge in [0, 0.05) is 37.7 Å². The molecule has 0 saturated carbocycles. The molecule has 2 heterocycles. The Morgan fingerprint density at radius 3 is 2.36 bits per heavy atom. The van der Waals surface area contributed by atoms with Gasteiger partial charge in [-0.15, -0.1) is 0 Å². The van der Waals surface area contributed by atoms with E-state index in [0.717, 1.165) is 66.2 Å². The van der Waals surface area contributed by atoms with Crippen molar-refractivity contribution in [2.24, 2.45) is 5.92 Å². The minimum Gasteiger partial charge on any atom is -0.465 e. The number of amides is 2. The summed E-state index contributed by atoms with van der Waals surface area (Å²) in [6.45, 7) is 8.27. The van der Waals surface area contributed by atoms with Crippen LogP contribution in [-0.4, -0.2) is 74.1 Å². The Morgan fingerprint density at radius 2 is 1.64 bits per heavy atom. The zero-order chi connectivity index (χ0) is 31.6. The monoisotopic (exact) mass is 617 g/mol. The van der Waals surface area contributed by atoms with Gasteiger partial charge in [0.05, 0.1) is 38.6 Å². The van der Waals surface area contributed by atoms with Gasteiger partial charge in [-0.1, -0.05) is 79.7 Å². The molecule has 3 aromatic carbocycles. The van der Waals surface area contributed by atoms with Crippen molar-refractivity contribution < 1.29 is 33.6 Å². The lowest BCUT2D eigenvalue weighted by molar-refractivity contribution is -0.277. The van der Waals surface area contributed by atoms with Crippen LogP contribution in [0.3, 0.4) is 0 Å². The smallest absolute Gasteiger partial charge is 0.325 e. The molecule has 2 saturated heterocycles. The number of aliphatic hydroxyl groups is 1. The molecular weight excluding hydrogens is 574 g/mol. The molecule has 10 heteroatoms. The van der Waals surface area contributed by atoms with Crippen LogP contribution < -0.4 is 10.6 Å². The lowest BCUT2D eigenvalue weighted by Gasteiger charge is -2.43. The molecule has 2 amide bonds. The first-order valence-corrected chi connectivity index (χ1v) is 15.6. The van der Waals surface area contributed by atoms with Crippen molar-refractivity contribution in [1.29, 1.82) is 0 Å². The molecule has 0 spiro atoms. The first kappa shape index (κ1) is 32.6. The Morgan fingerprint density at radius 1 is 0.933 bits per heavy atom. The van der Waals surface area contributed by atoms with Crippen molar-refractivity contribution >= 4 is 12.0 Å². The average Bonchev–Trinajstić information content (AvgIpc) is 3.08. The molecule has 3 N–H and O–H groups in total. The lowest BCUT2D eigenvalue weighted by atomic mass is 9.90. The lowest BCUT2D eigenvalue weighted by Crippen LogP contribution is -2.47. The Bertz CT molecular complexity index is 1390. The van der Waals surface area contributed by atoms with E-state index in [1.807, 2.05) is 72.8 Å². The van der Waals surface area contributed by atoms with Gasteiger partial charge in [0.2, 0.25) is 0 Å². The topological polar surface area (TPSA) is 119 Å². The Labute approximate surface area is 264 Å². The van der Waals surface area contributed by atoms with Crippen molar-refractivity contribution in [2.75, 3.05) is 46.0 Å². The zero-order valence-corrected chi connectivity index (χ0v) is 25.9. The first-order chi connectivity index (χ1) is 21.9. The zero-order valence-electron chi connectivity index (χ0n) is 25.9. The van der Waals surface area contributed by atoms with Crippen molar-refractivity contribution in [3.8, 4) is 11.1 Å². The highest BCUT2D eigenvalue weighted by atomic mass is 16.7. The van der Waals surface area contributed by atoms with E-state index in [1.54, 1.807) is 6.92 Å². The van der Waals surface area contributed by atoms with E-state index < -0.39 is 18.3 Å². The van der Waals surface area contributed by atoms with Gasteiger partial charge in [-0.2, -0.15) is 0 Å². The van der Waals surface area contributed by atoms with Gasteiger partial charge in [-0.3, -0.25) is 9.69 Å². The summed E-state index contributed by atoms with van der Waals surface area (Å²) in [4.78, 5) is 26.2. The summed E-state index contributed by atoms with van der Waals surface area (Å²) in [5, 5.41) is 14.9. The van der Waals surface area contributed by atoms with Gasteiger partial charge in [-0.25, -0.2) is 4.79 Å². The van der Waals surface area contributed by atoms with Gasteiger partial charge >= 0.3 is 12.0 Å². The third kappa shape index (κ3) is 8.68. The largest absolute Gasteiger partial charge is 0.465 e. The van der Waals surface area contributed by atoms with Crippen LogP contribution in [0.5, 0.6) is 0 Å². The molecule has 2 aliphatic rings. The summed E-state index contributed by atoms with van der Waals surface area (Å²) >= 11 is 0. The molecule has 2 fully saturated rings. The molecular formula is C35H43N3O7. The second-order valence-electron chi connectivity index (χ2n) is 11.4. The maximum atomic E-state index is 12.3. The predicted octanol–water partition coefficient (Wildman–Crippen LogP) is 4.33. The number of hydrogen-bond acceptors (Lipinski definition) is 8. The van der Waals surface area contributed by atoms with Crippen LogP contribution in [0.2, 0.25) is 0 Å². The number of urea groups is 1. The van der Waals surface area contributed by atoms with Crippen molar-refractivity contribution in [3.05, 3.63) is 95.1 Å². The molecule has 0 bridgehead atoms. The first-order valence-electron chi connectivity index (χ1n) is 15.6. The van der Waals surface area contributed by atoms with Crippen LogP contribution in [0.4, 0.5) is 4.79 Å². The summed E-state index contributed by atoms with van der Waals surface area (Å²) in [5.74, 6) is -0.371. The highest BCUT2D eigenvalue weighted by Crippen LogP contribution is 2.42. The summed E-state index contributed by atoms with van der Waals surface area (Å²) in [6.07, 6.45) is -0.779. The molecule has 10 nitrogen and oxygen atoms in total. The number of morpholine rings is 1. The molecule has 0 aromatic heterocycles. The third-order valence-electron chi connectivity index (χ3n) is 8.31. The average molecular weight is 618 g/mol. The maximum Gasteiger partial charge on any atom is 0.325 e. The quantitative estimate of drug-likeness (QED) is 0.272. The summed E-state index contributed by atoms with van der Waals surface area (Å²) in [6, 6.07) is 23.5. The predicted molar refractivity (Wildman–Crippen MR) is 169 cm³/mol. The second kappa shape index (κ2) is 16.0.